The molecule has 0 amide bonds. The van der Waals surface area contributed by atoms with Gasteiger partial charge in [-0.25, -0.2) is 15.0 Å². The Balaban J connectivity index is 1.58. The quantitative estimate of drug-likeness (QED) is 0.775. The molecule has 1 N–H and O–H groups in total. The lowest BCUT2D eigenvalue weighted by molar-refractivity contribution is 0.798. The van der Waals surface area contributed by atoms with E-state index < -0.39 is 0 Å². The van der Waals surface area contributed by atoms with Crippen LogP contribution in [0.2, 0.25) is 5.02 Å². The van der Waals surface area contributed by atoms with Gasteiger partial charge in [-0.15, -0.1) is 0 Å². The number of nitrogens with zero attached hydrogens (tertiary/aromatic N) is 5. The molecule has 1 aliphatic heterocycles. The minimum absolute atomic E-state index is 0.715. The second-order valence-corrected chi connectivity index (χ2v) is 6.42. The molecule has 1 aliphatic rings. The van der Waals surface area contributed by atoms with Gasteiger partial charge in [-0.1, -0.05) is 17.7 Å². The Bertz CT molecular complexity index is 861. The predicted molar refractivity (Wildman–Crippen MR) is 96.9 cm³/mol. The number of halogens is 1. The number of anilines is 2. The molecule has 0 atom stereocenters. The lowest BCUT2D eigenvalue weighted by Crippen LogP contribution is -2.31. The molecule has 1 aromatic carbocycles. The molecule has 0 bridgehead atoms. The maximum absolute atomic E-state index is 6.29. The molecular formula is C17H19ClN6. The normalized spacial score (nSPS) is 15.8. The molecule has 0 aliphatic carbocycles. The number of hydrogen-bond donors (Lipinski definition) is 1. The van der Waals surface area contributed by atoms with Gasteiger partial charge in [-0.05, 0) is 31.0 Å². The topological polar surface area (TPSA) is 60.9 Å². The van der Waals surface area contributed by atoms with Gasteiger partial charge in [-0.3, -0.25) is 0 Å². The summed E-state index contributed by atoms with van der Waals surface area (Å²) in [4.78, 5) is 20.8. The predicted octanol–water partition coefficient (Wildman–Crippen LogP) is 3.03. The maximum Gasteiger partial charge on any atom is 0.182 e. The molecule has 1 saturated heterocycles. The van der Waals surface area contributed by atoms with E-state index in [9.17, 15) is 0 Å². The lowest BCUT2D eigenvalue weighted by atomic mass is 10.1. The van der Waals surface area contributed by atoms with Crippen LogP contribution in [0.3, 0.4) is 0 Å². The Kier molecular flexibility index (Phi) is 3.98. The van der Waals surface area contributed by atoms with E-state index in [2.05, 4.69) is 42.7 Å². The molecule has 0 radical (unpaired) electrons. The molecular weight excluding hydrogens is 324 g/mol. The molecule has 3 heterocycles. The average molecular weight is 343 g/mol. The monoisotopic (exact) mass is 342 g/mol. The van der Waals surface area contributed by atoms with E-state index in [1.165, 1.54) is 5.69 Å². The van der Waals surface area contributed by atoms with Crippen molar-refractivity contribution in [3.63, 3.8) is 0 Å². The Morgan fingerprint density at radius 1 is 1.04 bits per heavy atom. The lowest BCUT2D eigenvalue weighted by Gasteiger charge is -2.26. The van der Waals surface area contributed by atoms with E-state index >= 15 is 0 Å². The Hall–Kier alpha value is -2.34. The molecule has 7 heteroatoms. The number of H-pyrrole nitrogens is 1. The van der Waals surface area contributed by atoms with Crippen molar-refractivity contribution in [3.05, 3.63) is 41.4 Å². The van der Waals surface area contributed by atoms with E-state index in [-0.39, 0.29) is 0 Å². The third kappa shape index (κ3) is 2.67. The summed E-state index contributed by atoms with van der Waals surface area (Å²) in [7, 11) is 0. The third-order valence-corrected chi connectivity index (χ3v) is 4.99. The molecule has 1 fully saturated rings. The second kappa shape index (κ2) is 6.28. The molecule has 124 valence electrons. The Morgan fingerprint density at radius 3 is 2.79 bits per heavy atom. The van der Waals surface area contributed by atoms with Gasteiger partial charge in [0.05, 0.1) is 6.33 Å². The smallest absolute Gasteiger partial charge is 0.182 e. The van der Waals surface area contributed by atoms with Gasteiger partial charge in [0.1, 0.15) is 11.8 Å². The number of fused-ring (bicyclic) bond motifs is 1. The maximum atomic E-state index is 6.29. The van der Waals surface area contributed by atoms with Crippen molar-refractivity contribution in [1.82, 2.24) is 19.9 Å². The zero-order valence-electron chi connectivity index (χ0n) is 13.5. The first-order chi connectivity index (χ1) is 11.7. The molecule has 0 saturated carbocycles. The zero-order valence-corrected chi connectivity index (χ0v) is 14.3. The number of benzene rings is 1. The van der Waals surface area contributed by atoms with Crippen molar-refractivity contribution >= 4 is 34.3 Å². The van der Waals surface area contributed by atoms with Gasteiger partial charge in [0.2, 0.25) is 0 Å². The molecule has 24 heavy (non-hydrogen) atoms. The van der Waals surface area contributed by atoms with Gasteiger partial charge in [0, 0.05) is 36.9 Å². The van der Waals surface area contributed by atoms with Crippen molar-refractivity contribution < 1.29 is 0 Å². The summed E-state index contributed by atoms with van der Waals surface area (Å²) < 4.78 is 0. The van der Waals surface area contributed by atoms with Crippen LogP contribution >= 0.6 is 11.6 Å². The minimum atomic E-state index is 0.715. The first-order valence-corrected chi connectivity index (χ1v) is 8.51. The van der Waals surface area contributed by atoms with Crippen LogP contribution in [0.4, 0.5) is 11.5 Å². The van der Waals surface area contributed by atoms with Crippen molar-refractivity contribution in [3.8, 4) is 0 Å². The van der Waals surface area contributed by atoms with Gasteiger partial charge in [0.15, 0.2) is 11.5 Å². The summed E-state index contributed by atoms with van der Waals surface area (Å²) in [5.74, 6) is 0.933. The van der Waals surface area contributed by atoms with Gasteiger partial charge >= 0.3 is 0 Å². The highest BCUT2D eigenvalue weighted by molar-refractivity contribution is 6.31. The van der Waals surface area contributed by atoms with E-state index in [4.69, 9.17) is 11.6 Å². The zero-order chi connectivity index (χ0) is 16.5. The Morgan fingerprint density at radius 2 is 1.88 bits per heavy atom. The first-order valence-electron chi connectivity index (χ1n) is 8.13. The molecule has 6 nitrogen and oxygen atoms in total. The second-order valence-electron chi connectivity index (χ2n) is 6.01. The summed E-state index contributed by atoms with van der Waals surface area (Å²) in [6.07, 6.45) is 4.32. The van der Waals surface area contributed by atoms with Gasteiger partial charge in [-0.2, -0.15) is 0 Å². The fourth-order valence-corrected chi connectivity index (χ4v) is 3.47. The summed E-state index contributed by atoms with van der Waals surface area (Å²) in [6, 6.07) is 6.11. The number of rotatable bonds is 2. The van der Waals surface area contributed by atoms with Crippen LogP contribution in [0.25, 0.3) is 11.2 Å². The minimum Gasteiger partial charge on any atom is -0.369 e. The molecule has 2 aromatic heterocycles. The van der Waals surface area contributed by atoms with Crippen molar-refractivity contribution in [2.24, 2.45) is 0 Å². The van der Waals surface area contributed by atoms with E-state index in [1.807, 2.05) is 12.1 Å². The first kappa shape index (κ1) is 15.2. The number of hydrogen-bond acceptors (Lipinski definition) is 5. The van der Waals surface area contributed by atoms with Crippen LogP contribution in [-0.4, -0.2) is 46.1 Å². The van der Waals surface area contributed by atoms with E-state index in [0.29, 0.717) is 5.65 Å². The summed E-state index contributed by atoms with van der Waals surface area (Å²) >= 11 is 6.29. The van der Waals surface area contributed by atoms with Crippen LogP contribution in [0, 0.1) is 6.92 Å². The van der Waals surface area contributed by atoms with Crippen molar-refractivity contribution in [2.45, 2.75) is 13.3 Å². The highest BCUT2D eigenvalue weighted by atomic mass is 35.5. The van der Waals surface area contributed by atoms with E-state index in [0.717, 1.165) is 54.5 Å². The summed E-state index contributed by atoms with van der Waals surface area (Å²) in [5.41, 5.74) is 3.99. The van der Waals surface area contributed by atoms with Crippen molar-refractivity contribution in [1.29, 1.82) is 0 Å². The number of aromatic amines is 1. The largest absolute Gasteiger partial charge is 0.369 e. The number of aromatic nitrogens is 4. The number of nitrogens with one attached hydrogen (secondary N) is 1. The highest BCUT2D eigenvalue weighted by Crippen LogP contribution is 2.28. The third-order valence-electron chi connectivity index (χ3n) is 4.58. The average Bonchev–Trinajstić information content (AvgIpc) is 2.95. The van der Waals surface area contributed by atoms with Gasteiger partial charge < -0.3 is 14.8 Å². The Labute approximate surface area is 145 Å². The van der Waals surface area contributed by atoms with E-state index in [1.54, 1.807) is 12.7 Å². The molecule has 4 rings (SSSR count). The van der Waals surface area contributed by atoms with Crippen LogP contribution in [0.5, 0.6) is 0 Å². The summed E-state index contributed by atoms with van der Waals surface area (Å²) in [6.45, 7) is 5.88. The van der Waals surface area contributed by atoms with Crippen LogP contribution in [0.15, 0.2) is 30.9 Å². The van der Waals surface area contributed by atoms with Crippen molar-refractivity contribution in [2.75, 3.05) is 36.0 Å². The summed E-state index contributed by atoms with van der Waals surface area (Å²) in [5, 5.41) is 0.823. The SMILES string of the molecule is Cc1c(Cl)cccc1N1CCCN(c2ncnc3nc[nH]c23)CC1. The highest BCUT2D eigenvalue weighted by Gasteiger charge is 2.20. The standard InChI is InChI=1S/C17H19ClN6/c1-12-13(18)4-2-5-14(12)23-6-3-7-24(9-8-23)17-15-16(20-10-19-15)21-11-22-17/h2,4-5,10-11H,3,6-9H2,1H3,(H,19,20,21,22). The fraction of sp³-hybridized carbons (Fsp3) is 0.353. The van der Waals surface area contributed by atoms with Crippen LogP contribution < -0.4 is 9.80 Å². The van der Waals surface area contributed by atoms with Crippen LogP contribution in [0.1, 0.15) is 12.0 Å². The fourth-order valence-electron chi connectivity index (χ4n) is 3.30. The molecule has 3 aromatic rings. The van der Waals surface area contributed by atoms with Gasteiger partial charge in [0.25, 0.3) is 0 Å². The van der Waals surface area contributed by atoms with Crippen LogP contribution in [-0.2, 0) is 0 Å². The number of imidazole rings is 1. The molecule has 0 spiro atoms. The molecule has 0 unspecified atom stereocenters.